The van der Waals surface area contributed by atoms with E-state index >= 15 is 0 Å². The van der Waals surface area contributed by atoms with Crippen LogP contribution in [0.2, 0.25) is 0 Å². The van der Waals surface area contributed by atoms with Gasteiger partial charge in [0, 0.05) is 12.2 Å². The number of halogens is 3. The number of aliphatic carboxylic acids is 1. The summed E-state index contributed by atoms with van der Waals surface area (Å²) in [6.45, 7) is 0.322. The average molecular weight is 287 g/mol. The highest BCUT2D eigenvalue weighted by molar-refractivity contribution is 5.98. The molecular formula is C13H12F3NO3. The molecule has 1 aromatic carbocycles. The molecule has 1 atom stereocenters. The van der Waals surface area contributed by atoms with Crippen molar-refractivity contribution in [2.45, 2.75) is 19.0 Å². The topological polar surface area (TPSA) is 57.6 Å². The maximum Gasteiger partial charge on any atom is 0.416 e. The lowest BCUT2D eigenvalue weighted by Crippen LogP contribution is -2.27. The molecule has 4 nitrogen and oxygen atoms in total. The number of rotatable bonds is 3. The van der Waals surface area contributed by atoms with E-state index in [1.807, 2.05) is 0 Å². The molecule has 1 saturated heterocycles. The van der Waals surface area contributed by atoms with Gasteiger partial charge in [-0.15, -0.1) is 0 Å². The molecule has 0 bridgehead atoms. The molecule has 1 unspecified atom stereocenters. The van der Waals surface area contributed by atoms with Gasteiger partial charge in [0.25, 0.3) is 0 Å². The van der Waals surface area contributed by atoms with Crippen LogP contribution in [0.25, 0.3) is 0 Å². The average Bonchev–Trinajstić information content (AvgIpc) is 2.69. The summed E-state index contributed by atoms with van der Waals surface area (Å²) in [5.41, 5.74) is -0.425. The van der Waals surface area contributed by atoms with E-state index in [9.17, 15) is 22.8 Å². The van der Waals surface area contributed by atoms with E-state index in [1.165, 1.54) is 17.0 Å². The first-order chi connectivity index (χ1) is 9.29. The molecule has 1 aromatic rings. The molecule has 1 fully saturated rings. The van der Waals surface area contributed by atoms with Crippen LogP contribution in [0.5, 0.6) is 0 Å². The molecule has 108 valence electrons. The van der Waals surface area contributed by atoms with E-state index in [0.717, 1.165) is 12.1 Å². The highest BCUT2D eigenvalue weighted by Crippen LogP contribution is 2.32. The number of nitrogens with zero attached hydrogens (tertiary/aromatic N) is 1. The van der Waals surface area contributed by atoms with Gasteiger partial charge in [0.15, 0.2) is 0 Å². The molecule has 0 aromatic heterocycles. The van der Waals surface area contributed by atoms with E-state index in [2.05, 4.69) is 0 Å². The Balaban J connectivity index is 2.13. The highest BCUT2D eigenvalue weighted by Gasteiger charge is 2.35. The fourth-order valence-electron chi connectivity index (χ4n) is 2.23. The number of carboxylic acids is 1. The number of hydrogen-bond donors (Lipinski definition) is 1. The van der Waals surface area contributed by atoms with E-state index in [1.54, 1.807) is 0 Å². The fraction of sp³-hybridized carbons (Fsp3) is 0.385. The zero-order valence-corrected chi connectivity index (χ0v) is 10.4. The van der Waals surface area contributed by atoms with E-state index in [-0.39, 0.29) is 12.3 Å². The first-order valence-electron chi connectivity index (χ1n) is 5.99. The standard InChI is InChI=1S/C13H12F3NO3/c14-13(15,16)9-1-3-10(4-2-9)17-6-5-8(12(17)20)7-11(18)19/h1-4,8H,5-7H2,(H,18,19). The Morgan fingerprint density at radius 3 is 2.40 bits per heavy atom. The number of alkyl halides is 3. The van der Waals surface area contributed by atoms with Crippen molar-refractivity contribution < 1.29 is 27.9 Å². The number of amides is 1. The van der Waals surface area contributed by atoms with Gasteiger partial charge in [-0.1, -0.05) is 0 Å². The third-order valence-electron chi connectivity index (χ3n) is 3.24. The van der Waals surface area contributed by atoms with Crippen LogP contribution in [0.3, 0.4) is 0 Å². The lowest BCUT2D eigenvalue weighted by Gasteiger charge is -2.17. The van der Waals surface area contributed by atoms with Gasteiger partial charge < -0.3 is 10.0 Å². The second kappa shape index (κ2) is 5.15. The van der Waals surface area contributed by atoms with Crippen LogP contribution in [-0.4, -0.2) is 23.5 Å². The van der Waals surface area contributed by atoms with Crippen molar-refractivity contribution in [1.29, 1.82) is 0 Å². The van der Waals surface area contributed by atoms with Gasteiger partial charge in [-0.3, -0.25) is 9.59 Å². The van der Waals surface area contributed by atoms with Crippen molar-refractivity contribution in [3.05, 3.63) is 29.8 Å². The van der Waals surface area contributed by atoms with Gasteiger partial charge in [0.1, 0.15) is 0 Å². The number of carbonyl (C=O) groups excluding carboxylic acids is 1. The largest absolute Gasteiger partial charge is 0.481 e. The number of carbonyl (C=O) groups is 2. The summed E-state index contributed by atoms with van der Waals surface area (Å²) < 4.78 is 37.3. The maximum absolute atomic E-state index is 12.4. The zero-order valence-electron chi connectivity index (χ0n) is 10.4. The van der Waals surface area contributed by atoms with Crippen LogP contribution in [0.4, 0.5) is 18.9 Å². The van der Waals surface area contributed by atoms with E-state index in [4.69, 9.17) is 5.11 Å². The van der Waals surface area contributed by atoms with Gasteiger partial charge >= 0.3 is 12.1 Å². The minimum absolute atomic E-state index is 0.254. The summed E-state index contributed by atoms with van der Waals surface area (Å²) in [4.78, 5) is 23.9. The molecule has 2 rings (SSSR count). The molecule has 1 aliphatic heterocycles. The highest BCUT2D eigenvalue weighted by atomic mass is 19.4. The summed E-state index contributed by atoms with van der Waals surface area (Å²) in [7, 11) is 0. The van der Waals surface area contributed by atoms with Gasteiger partial charge in [-0.2, -0.15) is 13.2 Å². The lowest BCUT2D eigenvalue weighted by atomic mass is 10.0. The predicted molar refractivity (Wildman–Crippen MR) is 64.2 cm³/mol. The maximum atomic E-state index is 12.4. The Morgan fingerprint density at radius 2 is 1.90 bits per heavy atom. The smallest absolute Gasteiger partial charge is 0.416 e. The normalized spacial score (nSPS) is 19.4. The molecule has 1 amide bonds. The monoisotopic (exact) mass is 287 g/mol. The molecule has 7 heteroatoms. The number of hydrogen-bond acceptors (Lipinski definition) is 2. The lowest BCUT2D eigenvalue weighted by molar-refractivity contribution is -0.140. The van der Waals surface area contributed by atoms with Gasteiger partial charge in [-0.05, 0) is 30.7 Å². The SMILES string of the molecule is O=C(O)CC1CCN(c2ccc(C(F)(F)F)cc2)C1=O. The van der Waals surface area contributed by atoms with Crippen molar-refractivity contribution in [3.8, 4) is 0 Å². The molecule has 1 N–H and O–H groups in total. The Morgan fingerprint density at radius 1 is 1.30 bits per heavy atom. The number of carboxylic acid groups (broad SMARTS) is 1. The zero-order chi connectivity index (χ0) is 14.9. The van der Waals surface area contributed by atoms with Crippen molar-refractivity contribution in [1.82, 2.24) is 0 Å². The molecule has 1 aliphatic rings. The summed E-state index contributed by atoms with van der Waals surface area (Å²) in [5, 5.41) is 8.68. The quantitative estimate of drug-likeness (QED) is 0.929. The molecular weight excluding hydrogens is 275 g/mol. The van der Waals surface area contributed by atoms with Crippen molar-refractivity contribution in [2.24, 2.45) is 5.92 Å². The summed E-state index contributed by atoms with van der Waals surface area (Å²) in [5.74, 6) is -2.01. The molecule has 0 spiro atoms. The number of anilines is 1. The fourth-order valence-corrected chi connectivity index (χ4v) is 2.23. The van der Waals surface area contributed by atoms with Crippen LogP contribution in [-0.2, 0) is 15.8 Å². The first-order valence-corrected chi connectivity index (χ1v) is 5.99. The van der Waals surface area contributed by atoms with Crippen LogP contribution in [0.15, 0.2) is 24.3 Å². The Labute approximate surface area is 112 Å². The molecule has 0 saturated carbocycles. The summed E-state index contributed by atoms with van der Waals surface area (Å²) in [6.07, 6.45) is -4.28. The van der Waals surface area contributed by atoms with Crippen molar-refractivity contribution >= 4 is 17.6 Å². The van der Waals surface area contributed by atoms with Crippen LogP contribution >= 0.6 is 0 Å². The van der Waals surface area contributed by atoms with E-state index < -0.39 is 23.6 Å². The number of benzene rings is 1. The van der Waals surface area contributed by atoms with Crippen molar-refractivity contribution in [2.75, 3.05) is 11.4 Å². The van der Waals surface area contributed by atoms with E-state index in [0.29, 0.717) is 18.7 Å². The van der Waals surface area contributed by atoms with Gasteiger partial charge in [0.05, 0.1) is 17.9 Å². The Bertz CT molecular complexity index is 525. The Hall–Kier alpha value is -2.05. The molecule has 20 heavy (non-hydrogen) atoms. The third kappa shape index (κ3) is 2.92. The minimum atomic E-state index is -4.42. The third-order valence-corrected chi connectivity index (χ3v) is 3.24. The second-order valence-electron chi connectivity index (χ2n) is 4.62. The first kappa shape index (κ1) is 14.4. The predicted octanol–water partition coefficient (Wildman–Crippen LogP) is 2.53. The summed E-state index contributed by atoms with van der Waals surface area (Å²) in [6, 6.07) is 4.27. The summed E-state index contributed by atoms with van der Waals surface area (Å²) >= 11 is 0. The van der Waals surface area contributed by atoms with Crippen LogP contribution in [0.1, 0.15) is 18.4 Å². The second-order valence-corrected chi connectivity index (χ2v) is 4.62. The van der Waals surface area contributed by atoms with Crippen LogP contribution < -0.4 is 4.90 Å². The van der Waals surface area contributed by atoms with Crippen LogP contribution in [0, 0.1) is 5.92 Å². The molecule has 0 aliphatic carbocycles. The molecule has 1 heterocycles. The molecule has 0 radical (unpaired) electrons. The van der Waals surface area contributed by atoms with Gasteiger partial charge in [-0.25, -0.2) is 0 Å². The van der Waals surface area contributed by atoms with Gasteiger partial charge in [0.2, 0.25) is 5.91 Å². The minimum Gasteiger partial charge on any atom is -0.481 e. The van der Waals surface area contributed by atoms with Crippen molar-refractivity contribution in [3.63, 3.8) is 0 Å². The Kier molecular flexibility index (Phi) is 3.69.